The van der Waals surface area contributed by atoms with Crippen molar-refractivity contribution in [2.45, 2.75) is 56.8 Å². The zero-order valence-electron chi connectivity index (χ0n) is 11.1. The lowest BCUT2D eigenvalue weighted by Gasteiger charge is -2.55. The number of rotatable bonds is 3. The van der Waals surface area contributed by atoms with Crippen molar-refractivity contribution in [3.05, 3.63) is 0 Å². The molecule has 0 saturated heterocycles. The first-order chi connectivity index (χ1) is 8.78. The molecule has 1 unspecified atom stereocenters. The summed E-state index contributed by atoms with van der Waals surface area (Å²) < 4.78 is 31.1. The first-order valence-electron chi connectivity index (χ1n) is 7.10. The lowest BCUT2D eigenvalue weighted by atomic mass is 9.49. The summed E-state index contributed by atoms with van der Waals surface area (Å²) in [6.07, 6.45) is 4.69. The van der Waals surface area contributed by atoms with Crippen molar-refractivity contribution in [3.8, 4) is 0 Å². The predicted octanol–water partition coefficient (Wildman–Crippen LogP) is 3.66. The standard InChI is InChI=1S/C14H20F2O2S/c1-8(14(15,16)19)18-12(17)13-5-9-2-10(6-13)4-11(3-9)7-13/h8-11,19H,2-7H2,1H3. The van der Waals surface area contributed by atoms with Crippen LogP contribution in [-0.4, -0.2) is 17.3 Å². The minimum atomic E-state index is -3.27. The molecule has 108 valence electrons. The summed E-state index contributed by atoms with van der Waals surface area (Å²) in [5, 5.41) is -3.27. The second-order valence-corrected chi connectivity index (χ2v) is 7.43. The Labute approximate surface area is 117 Å². The highest BCUT2D eigenvalue weighted by Gasteiger charge is 2.56. The average Bonchev–Trinajstić information content (AvgIpc) is 2.25. The Morgan fingerprint density at radius 1 is 1.21 bits per heavy atom. The molecule has 0 radical (unpaired) electrons. The van der Waals surface area contributed by atoms with E-state index in [4.69, 9.17) is 4.74 Å². The number of carbonyl (C=O) groups is 1. The molecule has 4 saturated carbocycles. The number of ether oxygens (including phenoxy) is 1. The Hall–Kier alpha value is -0.320. The number of esters is 1. The van der Waals surface area contributed by atoms with Crippen LogP contribution in [0.25, 0.3) is 0 Å². The van der Waals surface area contributed by atoms with Crippen molar-refractivity contribution in [2.24, 2.45) is 23.2 Å². The first-order valence-corrected chi connectivity index (χ1v) is 7.54. The Kier molecular flexibility index (Phi) is 3.12. The monoisotopic (exact) mass is 290 g/mol. The zero-order chi connectivity index (χ0) is 13.8. The summed E-state index contributed by atoms with van der Waals surface area (Å²) in [5.74, 6) is 1.40. The van der Waals surface area contributed by atoms with Crippen molar-refractivity contribution in [1.29, 1.82) is 0 Å². The van der Waals surface area contributed by atoms with Crippen LogP contribution in [0.15, 0.2) is 0 Å². The van der Waals surface area contributed by atoms with Crippen molar-refractivity contribution in [1.82, 2.24) is 0 Å². The van der Waals surface area contributed by atoms with Crippen LogP contribution in [-0.2, 0) is 9.53 Å². The van der Waals surface area contributed by atoms with Gasteiger partial charge >= 0.3 is 11.2 Å². The first kappa shape index (κ1) is 13.7. The molecular formula is C14H20F2O2S. The van der Waals surface area contributed by atoms with Gasteiger partial charge in [-0.2, -0.15) is 8.78 Å². The van der Waals surface area contributed by atoms with Gasteiger partial charge in [0.15, 0.2) is 6.10 Å². The Balaban J connectivity index is 1.73. The predicted molar refractivity (Wildman–Crippen MR) is 70.1 cm³/mol. The molecule has 0 amide bonds. The van der Waals surface area contributed by atoms with Crippen molar-refractivity contribution in [3.63, 3.8) is 0 Å². The molecule has 4 rings (SSSR count). The van der Waals surface area contributed by atoms with E-state index in [0.717, 1.165) is 19.3 Å². The second-order valence-electron chi connectivity index (χ2n) is 6.83. The quantitative estimate of drug-likeness (QED) is 0.634. The maximum Gasteiger partial charge on any atom is 0.327 e. The maximum absolute atomic E-state index is 13.0. The molecule has 4 aliphatic rings. The number of halogens is 2. The van der Waals surface area contributed by atoms with Gasteiger partial charge in [0.05, 0.1) is 5.41 Å². The third-order valence-corrected chi connectivity index (χ3v) is 5.61. The summed E-state index contributed by atoms with van der Waals surface area (Å²) in [6.45, 7) is 1.21. The number of thiol groups is 1. The topological polar surface area (TPSA) is 26.3 Å². The molecule has 2 nitrogen and oxygen atoms in total. The van der Waals surface area contributed by atoms with Crippen LogP contribution < -0.4 is 0 Å². The van der Waals surface area contributed by atoms with E-state index in [0.29, 0.717) is 17.8 Å². The van der Waals surface area contributed by atoms with Crippen LogP contribution in [0, 0.1) is 23.2 Å². The fourth-order valence-corrected chi connectivity index (χ4v) is 4.77. The molecule has 0 spiro atoms. The Morgan fingerprint density at radius 2 is 1.63 bits per heavy atom. The summed E-state index contributed by atoms with van der Waals surface area (Å²) in [5.41, 5.74) is -0.470. The van der Waals surface area contributed by atoms with Gasteiger partial charge in [-0.3, -0.25) is 4.79 Å². The SMILES string of the molecule is CC(OC(=O)C12CC3CC(CC(C3)C1)C2)C(F)(F)S. The van der Waals surface area contributed by atoms with E-state index in [-0.39, 0.29) is 0 Å². The molecule has 0 aromatic heterocycles. The fourth-order valence-electron chi connectivity index (χ4n) is 4.72. The average molecular weight is 290 g/mol. The molecule has 0 N–H and O–H groups in total. The van der Waals surface area contributed by atoms with Gasteiger partial charge in [-0.15, -0.1) is 12.6 Å². The Bertz CT molecular complexity index is 356. The number of hydrogen-bond acceptors (Lipinski definition) is 3. The molecule has 0 heterocycles. The lowest BCUT2D eigenvalue weighted by molar-refractivity contribution is -0.184. The highest BCUT2D eigenvalue weighted by atomic mass is 32.1. The van der Waals surface area contributed by atoms with Crippen LogP contribution >= 0.6 is 12.6 Å². The van der Waals surface area contributed by atoms with Gasteiger partial charge < -0.3 is 4.74 Å². The van der Waals surface area contributed by atoms with E-state index in [2.05, 4.69) is 12.6 Å². The van der Waals surface area contributed by atoms with Crippen LogP contribution in [0.3, 0.4) is 0 Å². The highest BCUT2D eigenvalue weighted by molar-refractivity contribution is 7.81. The largest absolute Gasteiger partial charge is 0.455 e. The van der Waals surface area contributed by atoms with Gasteiger partial charge in [0, 0.05) is 0 Å². The summed E-state index contributed by atoms with van der Waals surface area (Å²) >= 11 is 3.19. The number of hydrogen-bond donors (Lipinski definition) is 1. The Morgan fingerprint density at radius 3 is 2.00 bits per heavy atom. The molecular weight excluding hydrogens is 270 g/mol. The molecule has 0 aromatic rings. The molecule has 5 heteroatoms. The third kappa shape index (κ3) is 2.39. The maximum atomic E-state index is 13.0. The van der Waals surface area contributed by atoms with Crippen molar-refractivity contribution in [2.75, 3.05) is 0 Å². The molecule has 4 bridgehead atoms. The van der Waals surface area contributed by atoms with Crippen LogP contribution in [0.1, 0.15) is 45.4 Å². The van der Waals surface area contributed by atoms with Gasteiger partial charge in [0.2, 0.25) is 0 Å². The summed E-state index contributed by atoms with van der Waals surface area (Å²) in [7, 11) is 0. The fraction of sp³-hybridized carbons (Fsp3) is 0.929. The zero-order valence-corrected chi connectivity index (χ0v) is 12.0. The van der Waals surface area contributed by atoms with E-state index < -0.39 is 22.7 Å². The van der Waals surface area contributed by atoms with Gasteiger partial charge in [0.1, 0.15) is 0 Å². The van der Waals surface area contributed by atoms with E-state index in [1.54, 1.807) is 0 Å². The van der Waals surface area contributed by atoms with Crippen molar-refractivity contribution < 1.29 is 18.3 Å². The van der Waals surface area contributed by atoms with E-state index in [1.807, 2.05) is 0 Å². The normalized spacial score (nSPS) is 42.2. The van der Waals surface area contributed by atoms with Crippen LogP contribution in [0.5, 0.6) is 0 Å². The third-order valence-electron chi connectivity index (χ3n) is 5.24. The van der Waals surface area contributed by atoms with E-state index in [9.17, 15) is 13.6 Å². The number of alkyl halides is 2. The minimum absolute atomic E-state index is 0.409. The van der Waals surface area contributed by atoms with Gasteiger partial charge in [-0.1, -0.05) is 0 Å². The van der Waals surface area contributed by atoms with E-state index in [1.165, 1.54) is 26.2 Å². The molecule has 4 fully saturated rings. The molecule has 0 aromatic carbocycles. The van der Waals surface area contributed by atoms with Crippen LogP contribution in [0.2, 0.25) is 0 Å². The van der Waals surface area contributed by atoms with Gasteiger partial charge in [-0.25, -0.2) is 0 Å². The van der Waals surface area contributed by atoms with Crippen molar-refractivity contribution >= 4 is 18.6 Å². The number of carbonyl (C=O) groups excluding carboxylic acids is 1. The van der Waals surface area contributed by atoms with Gasteiger partial charge in [-0.05, 0) is 63.2 Å². The smallest absolute Gasteiger partial charge is 0.327 e. The summed E-state index contributed by atoms with van der Waals surface area (Å²) in [6, 6.07) is 0. The molecule has 19 heavy (non-hydrogen) atoms. The molecule has 1 atom stereocenters. The highest BCUT2D eigenvalue weighted by Crippen LogP contribution is 2.60. The van der Waals surface area contributed by atoms with Crippen LogP contribution in [0.4, 0.5) is 8.78 Å². The molecule has 4 aliphatic carbocycles. The van der Waals surface area contributed by atoms with E-state index >= 15 is 0 Å². The molecule has 0 aliphatic heterocycles. The lowest BCUT2D eigenvalue weighted by Crippen LogP contribution is -2.51. The summed E-state index contributed by atoms with van der Waals surface area (Å²) in [4.78, 5) is 12.4. The second kappa shape index (κ2) is 4.34. The minimum Gasteiger partial charge on any atom is -0.455 e. The van der Waals surface area contributed by atoms with Gasteiger partial charge in [0.25, 0.3) is 0 Å².